The summed E-state index contributed by atoms with van der Waals surface area (Å²) in [6, 6.07) is 7.90. The topological polar surface area (TPSA) is 69.9 Å². The van der Waals surface area contributed by atoms with Crippen molar-refractivity contribution in [2.24, 2.45) is 5.92 Å². The first-order chi connectivity index (χ1) is 12.6. The minimum Gasteiger partial charge on any atom is -0.497 e. The molecule has 0 fully saturated rings. The van der Waals surface area contributed by atoms with Gasteiger partial charge in [0.2, 0.25) is 0 Å². The number of hydrogen-bond acceptors (Lipinski definition) is 6. The van der Waals surface area contributed by atoms with Gasteiger partial charge in [0.15, 0.2) is 16.3 Å². The van der Waals surface area contributed by atoms with E-state index in [-0.39, 0.29) is 5.56 Å². The van der Waals surface area contributed by atoms with Crippen LogP contribution in [0.25, 0.3) is 11.2 Å². The molecule has 0 N–H and O–H groups in total. The van der Waals surface area contributed by atoms with Crippen LogP contribution in [0.2, 0.25) is 0 Å². The van der Waals surface area contributed by atoms with Crippen molar-refractivity contribution in [3.63, 3.8) is 0 Å². The Bertz CT molecular complexity index is 956. The van der Waals surface area contributed by atoms with Crippen LogP contribution in [0.5, 0.6) is 5.75 Å². The van der Waals surface area contributed by atoms with Gasteiger partial charge in [0.1, 0.15) is 5.75 Å². The summed E-state index contributed by atoms with van der Waals surface area (Å²) < 4.78 is 7.00. The Balaban J connectivity index is 1.94. The van der Waals surface area contributed by atoms with Crippen LogP contribution in [-0.2, 0) is 12.3 Å². The molecule has 0 radical (unpaired) electrons. The first-order valence-corrected chi connectivity index (χ1v) is 9.54. The van der Waals surface area contributed by atoms with E-state index in [4.69, 9.17) is 4.74 Å². The minimum absolute atomic E-state index is 0.128. The van der Waals surface area contributed by atoms with Gasteiger partial charge in [-0.05, 0) is 30.0 Å². The SMILES string of the molecule is COc1cccc(CSc2nc3nccnc3c(=O)n2CCC(C)C)c1. The van der Waals surface area contributed by atoms with Crippen LogP contribution in [0.3, 0.4) is 0 Å². The van der Waals surface area contributed by atoms with Crippen molar-refractivity contribution < 1.29 is 4.74 Å². The van der Waals surface area contributed by atoms with Crippen molar-refractivity contribution in [2.45, 2.75) is 37.7 Å². The molecule has 0 saturated heterocycles. The Morgan fingerprint density at radius 2 is 2.04 bits per heavy atom. The molecular weight excluding hydrogens is 348 g/mol. The van der Waals surface area contributed by atoms with E-state index in [1.807, 2.05) is 24.3 Å². The van der Waals surface area contributed by atoms with Crippen LogP contribution in [0.4, 0.5) is 0 Å². The van der Waals surface area contributed by atoms with Crippen LogP contribution in [0.1, 0.15) is 25.8 Å². The predicted molar refractivity (Wildman–Crippen MR) is 104 cm³/mol. The number of rotatable bonds is 7. The Labute approximate surface area is 156 Å². The summed E-state index contributed by atoms with van der Waals surface area (Å²) >= 11 is 1.53. The molecular formula is C19H22N4O2S. The summed E-state index contributed by atoms with van der Waals surface area (Å²) in [4.78, 5) is 25.8. The summed E-state index contributed by atoms with van der Waals surface area (Å²) in [5, 5.41) is 0.673. The molecule has 3 rings (SSSR count). The van der Waals surface area contributed by atoms with E-state index in [9.17, 15) is 4.79 Å². The number of aromatic nitrogens is 4. The zero-order valence-corrected chi connectivity index (χ0v) is 16.0. The standard InChI is InChI=1S/C19H22N4O2S/c1-13(2)7-10-23-18(24)16-17(21-9-8-20-16)22-19(23)26-12-14-5-4-6-15(11-14)25-3/h4-6,8-9,11,13H,7,10,12H2,1-3H3. The molecule has 0 aliphatic rings. The fourth-order valence-corrected chi connectivity index (χ4v) is 3.49. The number of fused-ring (bicyclic) bond motifs is 1. The monoisotopic (exact) mass is 370 g/mol. The average Bonchev–Trinajstić information content (AvgIpc) is 2.66. The van der Waals surface area contributed by atoms with Crippen LogP contribution < -0.4 is 10.3 Å². The molecule has 2 aromatic heterocycles. The second kappa shape index (κ2) is 8.31. The Hall–Kier alpha value is -2.41. The highest BCUT2D eigenvalue weighted by atomic mass is 32.2. The largest absolute Gasteiger partial charge is 0.497 e. The van der Waals surface area contributed by atoms with Gasteiger partial charge in [0.25, 0.3) is 5.56 Å². The fourth-order valence-electron chi connectivity index (χ4n) is 2.53. The third kappa shape index (κ3) is 4.22. The lowest BCUT2D eigenvalue weighted by molar-refractivity contribution is 0.414. The second-order valence-corrected chi connectivity index (χ2v) is 7.34. The van der Waals surface area contributed by atoms with Gasteiger partial charge in [0, 0.05) is 24.7 Å². The molecule has 2 heterocycles. The molecule has 136 valence electrons. The highest BCUT2D eigenvalue weighted by molar-refractivity contribution is 7.98. The van der Waals surface area contributed by atoms with E-state index < -0.39 is 0 Å². The Morgan fingerprint density at radius 1 is 1.23 bits per heavy atom. The predicted octanol–water partition coefficient (Wildman–Crippen LogP) is 3.53. The smallest absolute Gasteiger partial charge is 0.282 e. The average molecular weight is 370 g/mol. The lowest BCUT2D eigenvalue weighted by Crippen LogP contribution is -2.25. The van der Waals surface area contributed by atoms with Gasteiger partial charge in [0.05, 0.1) is 7.11 Å². The van der Waals surface area contributed by atoms with Crippen molar-refractivity contribution in [1.82, 2.24) is 19.5 Å². The first-order valence-electron chi connectivity index (χ1n) is 8.55. The highest BCUT2D eigenvalue weighted by Crippen LogP contribution is 2.24. The van der Waals surface area contributed by atoms with Crippen molar-refractivity contribution in [1.29, 1.82) is 0 Å². The van der Waals surface area contributed by atoms with E-state index in [0.717, 1.165) is 17.7 Å². The van der Waals surface area contributed by atoms with Crippen molar-refractivity contribution in [2.75, 3.05) is 7.11 Å². The second-order valence-electron chi connectivity index (χ2n) is 6.40. The molecule has 0 unspecified atom stereocenters. The number of benzene rings is 1. The van der Waals surface area contributed by atoms with Gasteiger partial charge in [-0.2, -0.15) is 0 Å². The third-order valence-corrected chi connectivity index (χ3v) is 5.04. The molecule has 0 aliphatic heterocycles. The molecule has 26 heavy (non-hydrogen) atoms. The van der Waals surface area contributed by atoms with Crippen LogP contribution >= 0.6 is 11.8 Å². The number of nitrogens with zero attached hydrogens (tertiary/aromatic N) is 4. The molecule has 0 saturated carbocycles. The lowest BCUT2D eigenvalue weighted by atomic mass is 10.1. The summed E-state index contributed by atoms with van der Waals surface area (Å²) in [5.41, 5.74) is 1.70. The molecule has 0 aliphatic carbocycles. The maximum absolute atomic E-state index is 12.9. The van der Waals surface area contributed by atoms with E-state index >= 15 is 0 Å². The maximum atomic E-state index is 12.9. The van der Waals surface area contributed by atoms with E-state index in [1.54, 1.807) is 17.9 Å². The number of ether oxygens (including phenoxy) is 1. The molecule has 0 bridgehead atoms. The van der Waals surface area contributed by atoms with Crippen LogP contribution in [0.15, 0.2) is 46.6 Å². The fraction of sp³-hybridized carbons (Fsp3) is 0.368. The molecule has 0 atom stereocenters. The van der Waals surface area contributed by atoms with Crippen LogP contribution in [0, 0.1) is 5.92 Å². The molecule has 0 amide bonds. The van der Waals surface area contributed by atoms with Gasteiger partial charge in [-0.15, -0.1) is 0 Å². The summed E-state index contributed by atoms with van der Waals surface area (Å²) in [5.74, 6) is 2.00. The molecule has 1 aromatic carbocycles. The normalized spacial score (nSPS) is 11.2. The highest BCUT2D eigenvalue weighted by Gasteiger charge is 2.14. The number of hydrogen-bond donors (Lipinski definition) is 0. The summed E-state index contributed by atoms with van der Waals surface area (Å²) in [7, 11) is 1.65. The molecule has 3 aromatic rings. The van der Waals surface area contributed by atoms with Gasteiger partial charge in [-0.25, -0.2) is 15.0 Å². The minimum atomic E-state index is -0.128. The van der Waals surface area contributed by atoms with Crippen molar-refractivity contribution >= 4 is 22.9 Å². The third-order valence-electron chi connectivity index (χ3n) is 3.99. The van der Waals surface area contributed by atoms with Gasteiger partial charge < -0.3 is 4.74 Å². The Kier molecular flexibility index (Phi) is 5.88. The van der Waals surface area contributed by atoms with Gasteiger partial charge in [-0.1, -0.05) is 37.7 Å². The van der Waals surface area contributed by atoms with Crippen LogP contribution in [-0.4, -0.2) is 26.6 Å². The van der Waals surface area contributed by atoms with Crippen molar-refractivity contribution in [3.05, 3.63) is 52.6 Å². The van der Waals surface area contributed by atoms with E-state index in [1.165, 1.54) is 18.0 Å². The summed E-state index contributed by atoms with van der Waals surface area (Å²) in [6.45, 7) is 4.90. The van der Waals surface area contributed by atoms with E-state index in [0.29, 0.717) is 34.5 Å². The van der Waals surface area contributed by atoms with Crippen molar-refractivity contribution in [3.8, 4) is 5.75 Å². The number of thioether (sulfide) groups is 1. The zero-order chi connectivity index (χ0) is 18.5. The summed E-state index contributed by atoms with van der Waals surface area (Å²) in [6.07, 6.45) is 3.99. The number of methoxy groups -OCH3 is 1. The molecule has 6 nitrogen and oxygen atoms in total. The lowest BCUT2D eigenvalue weighted by Gasteiger charge is -2.13. The Morgan fingerprint density at radius 3 is 2.81 bits per heavy atom. The molecule has 7 heteroatoms. The van der Waals surface area contributed by atoms with Gasteiger partial charge >= 0.3 is 0 Å². The molecule has 0 spiro atoms. The zero-order valence-electron chi connectivity index (χ0n) is 15.2. The maximum Gasteiger partial charge on any atom is 0.282 e. The van der Waals surface area contributed by atoms with Gasteiger partial charge in [-0.3, -0.25) is 9.36 Å². The first kappa shape index (κ1) is 18.4. The van der Waals surface area contributed by atoms with E-state index in [2.05, 4.69) is 28.8 Å². The quantitative estimate of drug-likeness (QED) is 0.468.